The number of thiazole rings is 1. The minimum atomic E-state index is -3.48. The number of nitrogens with zero attached hydrogens (tertiary/aromatic N) is 1. The lowest BCUT2D eigenvalue weighted by molar-refractivity contribution is 0.453. The second-order valence-corrected chi connectivity index (χ2v) is 9.61. The van der Waals surface area contributed by atoms with Crippen LogP contribution in [-0.4, -0.2) is 26.0 Å². The van der Waals surface area contributed by atoms with Crippen molar-refractivity contribution in [1.29, 1.82) is 0 Å². The molecule has 9 heteroatoms. The van der Waals surface area contributed by atoms with Gasteiger partial charge in [0.1, 0.15) is 4.21 Å². The Hall–Kier alpha value is -0.510. The summed E-state index contributed by atoms with van der Waals surface area (Å²) in [5, 5.41) is 2.93. The summed E-state index contributed by atoms with van der Waals surface area (Å²) in [5.74, 6) is 0.246. The lowest BCUT2D eigenvalue weighted by atomic mass is 10.1. The van der Waals surface area contributed by atoms with Crippen LogP contribution >= 0.6 is 35.1 Å². The largest absolute Gasteiger partial charge is 0.330 e. The van der Waals surface area contributed by atoms with Crippen LogP contribution < -0.4 is 10.5 Å². The number of aromatic nitrogens is 1. The lowest BCUT2D eigenvalue weighted by Gasteiger charge is -2.18. The first-order valence-corrected chi connectivity index (χ1v) is 10.4. The maximum absolute atomic E-state index is 12.5. The van der Waals surface area contributed by atoms with Crippen LogP contribution in [0.5, 0.6) is 0 Å². The molecule has 1 saturated carbocycles. The van der Waals surface area contributed by atoms with Crippen LogP contribution in [0.3, 0.4) is 0 Å². The molecule has 1 aliphatic rings. The van der Waals surface area contributed by atoms with E-state index in [0.717, 1.165) is 34.8 Å². The highest BCUT2D eigenvalue weighted by Crippen LogP contribution is 2.32. The molecular weight excluding hydrogens is 374 g/mol. The Morgan fingerprint density at radius 2 is 2.17 bits per heavy atom. The number of rotatable bonds is 5. The molecule has 2 atom stereocenters. The third-order valence-corrected chi connectivity index (χ3v) is 7.85. The quantitative estimate of drug-likeness (QED) is 0.817. The fourth-order valence-electron chi connectivity index (χ4n) is 2.81. The predicted molar refractivity (Wildman–Crippen MR) is 97.9 cm³/mol. The summed E-state index contributed by atoms with van der Waals surface area (Å²) in [7, 11) is -3.48. The summed E-state index contributed by atoms with van der Waals surface area (Å²) in [6.07, 6.45) is 2.89. The molecule has 1 aliphatic carbocycles. The number of thiophene rings is 1. The van der Waals surface area contributed by atoms with E-state index in [9.17, 15) is 8.42 Å². The Morgan fingerprint density at radius 1 is 1.39 bits per heavy atom. The molecule has 0 radical (unpaired) electrons. The van der Waals surface area contributed by atoms with E-state index in [1.807, 2.05) is 18.4 Å². The number of nitrogens with one attached hydrogen (secondary N) is 1. The first kappa shape index (κ1) is 18.8. The Bertz CT molecular complexity index is 757. The standard InChI is InChI=1S/C14H19N3O2S3.ClH/c1-9-16-12(8-20-9)13-5-6-14(21-13)22(18,19)17-11-4-2-3-10(11)7-15;/h5-6,8,10-11,17H,2-4,7,15H2,1H3;1H. The molecule has 0 aliphatic heterocycles. The summed E-state index contributed by atoms with van der Waals surface area (Å²) < 4.78 is 28.3. The van der Waals surface area contributed by atoms with Crippen molar-refractivity contribution in [3.05, 3.63) is 22.5 Å². The smallest absolute Gasteiger partial charge is 0.250 e. The summed E-state index contributed by atoms with van der Waals surface area (Å²) in [6, 6.07) is 3.44. The maximum atomic E-state index is 12.5. The van der Waals surface area contributed by atoms with Crippen molar-refractivity contribution in [3.8, 4) is 10.6 Å². The van der Waals surface area contributed by atoms with E-state index in [1.165, 1.54) is 11.3 Å². The molecule has 3 N–H and O–H groups in total. The van der Waals surface area contributed by atoms with Crippen LogP contribution in [0.2, 0.25) is 0 Å². The number of halogens is 1. The van der Waals surface area contributed by atoms with E-state index in [2.05, 4.69) is 9.71 Å². The molecule has 23 heavy (non-hydrogen) atoms. The zero-order chi connectivity index (χ0) is 15.7. The number of sulfonamides is 1. The number of hydrogen-bond acceptors (Lipinski definition) is 6. The van der Waals surface area contributed by atoms with Crippen molar-refractivity contribution in [3.63, 3.8) is 0 Å². The van der Waals surface area contributed by atoms with E-state index in [4.69, 9.17) is 5.73 Å². The molecule has 1 fully saturated rings. The van der Waals surface area contributed by atoms with E-state index in [-0.39, 0.29) is 24.4 Å². The second-order valence-electron chi connectivity index (χ2n) is 5.52. The minimum Gasteiger partial charge on any atom is -0.330 e. The summed E-state index contributed by atoms with van der Waals surface area (Å²) in [6.45, 7) is 2.47. The SMILES string of the molecule is Cc1nc(-c2ccc(S(=O)(=O)NC3CCCC3CN)s2)cs1.Cl. The first-order valence-electron chi connectivity index (χ1n) is 7.24. The molecule has 0 bridgehead atoms. The molecule has 2 aromatic heterocycles. The van der Waals surface area contributed by atoms with E-state index in [1.54, 1.807) is 17.4 Å². The molecule has 0 amide bonds. The summed E-state index contributed by atoms with van der Waals surface area (Å²) in [5.41, 5.74) is 6.57. The van der Waals surface area contributed by atoms with Gasteiger partial charge in [-0.2, -0.15) is 0 Å². The van der Waals surface area contributed by atoms with Gasteiger partial charge in [0.15, 0.2) is 0 Å². The van der Waals surface area contributed by atoms with Gasteiger partial charge in [-0.05, 0) is 44.4 Å². The molecule has 2 unspecified atom stereocenters. The third kappa shape index (κ3) is 4.12. The van der Waals surface area contributed by atoms with Gasteiger partial charge in [0, 0.05) is 11.4 Å². The highest BCUT2D eigenvalue weighted by molar-refractivity contribution is 7.91. The predicted octanol–water partition coefficient (Wildman–Crippen LogP) is 3.01. The van der Waals surface area contributed by atoms with Gasteiger partial charge in [-0.15, -0.1) is 35.1 Å². The Labute approximate surface area is 150 Å². The molecule has 5 nitrogen and oxygen atoms in total. The van der Waals surface area contributed by atoms with Gasteiger partial charge >= 0.3 is 0 Å². The Morgan fingerprint density at radius 3 is 2.83 bits per heavy atom. The number of nitrogens with two attached hydrogens (primary N) is 1. The van der Waals surface area contributed by atoms with Gasteiger partial charge in [0.25, 0.3) is 0 Å². The van der Waals surface area contributed by atoms with Gasteiger partial charge < -0.3 is 5.73 Å². The highest BCUT2D eigenvalue weighted by Gasteiger charge is 2.31. The molecule has 128 valence electrons. The maximum Gasteiger partial charge on any atom is 0.250 e. The second kappa shape index (κ2) is 7.58. The van der Waals surface area contributed by atoms with Crippen molar-refractivity contribution in [2.75, 3.05) is 6.54 Å². The zero-order valence-corrected chi connectivity index (χ0v) is 16.0. The van der Waals surface area contributed by atoms with Crippen molar-refractivity contribution >= 4 is 45.1 Å². The number of hydrogen-bond donors (Lipinski definition) is 2. The van der Waals surface area contributed by atoms with Crippen LogP contribution in [0.1, 0.15) is 24.3 Å². The monoisotopic (exact) mass is 393 g/mol. The Kier molecular flexibility index (Phi) is 6.21. The van der Waals surface area contributed by atoms with Crippen molar-refractivity contribution in [2.45, 2.75) is 36.4 Å². The van der Waals surface area contributed by atoms with Crippen molar-refractivity contribution < 1.29 is 8.42 Å². The van der Waals surface area contributed by atoms with Gasteiger partial charge in [-0.1, -0.05) is 6.42 Å². The Balaban J connectivity index is 0.00000192. The van der Waals surface area contributed by atoms with Gasteiger partial charge in [-0.25, -0.2) is 18.1 Å². The highest BCUT2D eigenvalue weighted by atomic mass is 35.5. The molecule has 3 rings (SSSR count). The zero-order valence-electron chi connectivity index (χ0n) is 12.7. The fraction of sp³-hybridized carbons (Fsp3) is 0.500. The van der Waals surface area contributed by atoms with Crippen LogP contribution in [0.15, 0.2) is 21.7 Å². The average molecular weight is 394 g/mol. The van der Waals surface area contributed by atoms with Crippen LogP contribution in [0.25, 0.3) is 10.6 Å². The van der Waals surface area contributed by atoms with Crippen molar-refractivity contribution in [2.24, 2.45) is 11.7 Å². The lowest BCUT2D eigenvalue weighted by Crippen LogP contribution is -2.39. The van der Waals surface area contributed by atoms with E-state index in [0.29, 0.717) is 10.8 Å². The van der Waals surface area contributed by atoms with Gasteiger partial charge in [0.05, 0.1) is 15.6 Å². The first-order chi connectivity index (χ1) is 10.5. The summed E-state index contributed by atoms with van der Waals surface area (Å²) in [4.78, 5) is 5.28. The minimum absolute atomic E-state index is 0. The third-order valence-electron chi connectivity index (χ3n) is 3.99. The van der Waals surface area contributed by atoms with E-state index >= 15 is 0 Å². The van der Waals surface area contributed by atoms with Crippen molar-refractivity contribution in [1.82, 2.24) is 9.71 Å². The molecular formula is C14H20ClN3O2S3. The molecule has 2 heterocycles. The topological polar surface area (TPSA) is 85.1 Å². The normalized spacial score (nSPS) is 21.3. The molecule has 0 saturated heterocycles. The molecule has 0 aromatic carbocycles. The van der Waals surface area contributed by atoms with Crippen LogP contribution in [0.4, 0.5) is 0 Å². The average Bonchev–Trinajstić information content (AvgIpc) is 3.17. The number of aryl methyl sites for hydroxylation is 1. The van der Waals surface area contributed by atoms with E-state index < -0.39 is 10.0 Å². The van der Waals surface area contributed by atoms with Gasteiger partial charge in [0.2, 0.25) is 10.0 Å². The fourth-order valence-corrected chi connectivity index (χ4v) is 6.12. The molecule has 0 spiro atoms. The summed E-state index contributed by atoms with van der Waals surface area (Å²) >= 11 is 2.82. The molecule has 2 aromatic rings. The van der Waals surface area contributed by atoms with Crippen LogP contribution in [-0.2, 0) is 10.0 Å². The van der Waals surface area contributed by atoms with Gasteiger partial charge in [-0.3, -0.25) is 0 Å². The van der Waals surface area contributed by atoms with Crippen LogP contribution in [0, 0.1) is 12.8 Å².